The lowest BCUT2D eigenvalue weighted by molar-refractivity contribution is 0.0990. The first-order valence-corrected chi connectivity index (χ1v) is 4.75. The Labute approximate surface area is 86.9 Å². The summed E-state index contributed by atoms with van der Waals surface area (Å²) in [5.74, 6) is -0.229. The second-order valence-electron chi connectivity index (χ2n) is 3.68. The highest BCUT2D eigenvalue weighted by molar-refractivity contribution is 5.89. The Balaban J connectivity index is 2.69. The third kappa shape index (κ3) is 1.56. The molecule has 0 aliphatic rings. The molecule has 0 radical (unpaired) electrons. The van der Waals surface area contributed by atoms with E-state index in [0.29, 0.717) is 11.6 Å². The molecular weight excluding hydrogens is 192 g/mol. The van der Waals surface area contributed by atoms with Crippen molar-refractivity contribution in [3.8, 4) is 0 Å². The van der Waals surface area contributed by atoms with E-state index in [2.05, 4.69) is 23.9 Å². The summed E-state index contributed by atoms with van der Waals surface area (Å²) in [7, 11) is 0. The molecule has 2 aromatic rings. The molecule has 5 heteroatoms. The fourth-order valence-electron chi connectivity index (χ4n) is 1.47. The van der Waals surface area contributed by atoms with Gasteiger partial charge in [-0.1, -0.05) is 19.9 Å². The Morgan fingerprint density at radius 2 is 2.20 bits per heavy atom. The second-order valence-corrected chi connectivity index (χ2v) is 3.68. The molecule has 2 rings (SSSR count). The molecule has 0 saturated carbocycles. The van der Waals surface area contributed by atoms with E-state index >= 15 is 0 Å². The standard InChI is InChI=1S/C10H12N4O/c1-6(2)7-4-3-5-8-12-10(9(11)15)13-14(7)8/h3-6H,1-2H3,(H2,11,15). The number of carbonyl (C=O) groups is 1. The maximum atomic E-state index is 10.9. The Bertz CT molecular complexity index is 515. The topological polar surface area (TPSA) is 73.3 Å². The number of aromatic nitrogens is 3. The average Bonchev–Trinajstić information content (AvgIpc) is 2.60. The van der Waals surface area contributed by atoms with Crippen LogP contribution in [0.15, 0.2) is 18.2 Å². The van der Waals surface area contributed by atoms with Crippen LogP contribution in [0.2, 0.25) is 0 Å². The Morgan fingerprint density at radius 3 is 2.80 bits per heavy atom. The maximum absolute atomic E-state index is 10.9. The van der Waals surface area contributed by atoms with E-state index in [1.807, 2.05) is 12.1 Å². The van der Waals surface area contributed by atoms with E-state index < -0.39 is 5.91 Å². The maximum Gasteiger partial charge on any atom is 0.288 e. The summed E-state index contributed by atoms with van der Waals surface area (Å²) in [4.78, 5) is 15.0. The van der Waals surface area contributed by atoms with Crippen molar-refractivity contribution >= 4 is 11.6 Å². The van der Waals surface area contributed by atoms with Crippen LogP contribution in [0.1, 0.15) is 36.1 Å². The first-order chi connectivity index (χ1) is 7.09. The summed E-state index contributed by atoms with van der Waals surface area (Å²) in [6.07, 6.45) is 0. The van der Waals surface area contributed by atoms with Crippen molar-refractivity contribution in [2.75, 3.05) is 0 Å². The lowest BCUT2D eigenvalue weighted by Crippen LogP contribution is -2.13. The molecule has 15 heavy (non-hydrogen) atoms. The van der Waals surface area contributed by atoms with Gasteiger partial charge < -0.3 is 5.73 Å². The minimum Gasteiger partial charge on any atom is -0.363 e. The predicted molar refractivity (Wildman–Crippen MR) is 55.6 cm³/mol. The van der Waals surface area contributed by atoms with E-state index in [4.69, 9.17) is 5.73 Å². The van der Waals surface area contributed by atoms with Crippen molar-refractivity contribution in [2.45, 2.75) is 19.8 Å². The zero-order valence-electron chi connectivity index (χ0n) is 8.64. The van der Waals surface area contributed by atoms with Gasteiger partial charge in [0.2, 0.25) is 5.82 Å². The molecular formula is C10H12N4O. The molecule has 78 valence electrons. The molecule has 0 atom stereocenters. The molecule has 0 aromatic carbocycles. The van der Waals surface area contributed by atoms with Crippen LogP contribution in [-0.4, -0.2) is 20.5 Å². The smallest absolute Gasteiger partial charge is 0.288 e. The molecule has 0 fully saturated rings. The Morgan fingerprint density at radius 1 is 1.47 bits per heavy atom. The minimum absolute atomic E-state index is 0.0584. The van der Waals surface area contributed by atoms with Crippen molar-refractivity contribution in [3.63, 3.8) is 0 Å². The number of hydrogen-bond acceptors (Lipinski definition) is 3. The average molecular weight is 204 g/mol. The van der Waals surface area contributed by atoms with Crippen LogP contribution in [0.25, 0.3) is 5.65 Å². The zero-order valence-corrected chi connectivity index (χ0v) is 8.64. The van der Waals surface area contributed by atoms with Gasteiger partial charge in [0.1, 0.15) is 0 Å². The zero-order chi connectivity index (χ0) is 11.0. The van der Waals surface area contributed by atoms with Gasteiger partial charge in [-0.15, -0.1) is 5.10 Å². The predicted octanol–water partition coefficient (Wildman–Crippen LogP) is 0.952. The molecule has 1 amide bonds. The van der Waals surface area contributed by atoms with Gasteiger partial charge >= 0.3 is 0 Å². The van der Waals surface area contributed by atoms with Crippen LogP contribution in [0.4, 0.5) is 0 Å². The SMILES string of the molecule is CC(C)c1cccc2nc(C(N)=O)nn12. The Kier molecular flexibility index (Phi) is 2.15. The fraction of sp³-hybridized carbons (Fsp3) is 0.300. The van der Waals surface area contributed by atoms with Crippen molar-refractivity contribution in [3.05, 3.63) is 29.7 Å². The number of pyridine rings is 1. The number of primary amides is 1. The molecule has 0 bridgehead atoms. The van der Waals surface area contributed by atoms with E-state index in [9.17, 15) is 4.79 Å². The van der Waals surface area contributed by atoms with E-state index in [1.165, 1.54) is 0 Å². The number of amides is 1. The summed E-state index contributed by atoms with van der Waals surface area (Å²) in [6, 6.07) is 5.65. The van der Waals surface area contributed by atoms with Crippen molar-refractivity contribution in [1.82, 2.24) is 14.6 Å². The van der Waals surface area contributed by atoms with Gasteiger partial charge in [0.05, 0.1) is 0 Å². The van der Waals surface area contributed by atoms with Crippen LogP contribution >= 0.6 is 0 Å². The van der Waals surface area contributed by atoms with Gasteiger partial charge in [-0.2, -0.15) is 0 Å². The fourth-order valence-corrected chi connectivity index (χ4v) is 1.47. The highest BCUT2D eigenvalue weighted by atomic mass is 16.1. The number of rotatable bonds is 2. The van der Waals surface area contributed by atoms with Crippen LogP contribution in [-0.2, 0) is 0 Å². The number of hydrogen-bond donors (Lipinski definition) is 1. The molecule has 0 unspecified atom stereocenters. The molecule has 2 N–H and O–H groups in total. The van der Waals surface area contributed by atoms with Crippen molar-refractivity contribution in [1.29, 1.82) is 0 Å². The largest absolute Gasteiger partial charge is 0.363 e. The number of nitrogens with two attached hydrogens (primary N) is 1. The molecule has 0 aliphatic carbocycles. The third-order valence-electron chi connectivity index (χ3n) is 2.20. The number of fused-ring (bicyclic) bond motifs is 1. The number of nitrogens with zero attached hydrogens (tertiary/aromatic N) is 3. The first kappa shape index (κ1) is 9.64. The molecule has 5 nitrogen and oxygen atoms in total. The van der Waals surface area contributed by atoms with E-state index in [0.717, 1.165) is 5.69 Å². The van der Waals surface area contributed by atoms with Crippen LogP contribution in [0.5, 0.6) is 0 Å². The highest BCUT2D eigenvalue weighted by Gasteiger charge is 2.12. The lowest BCUT2D eigenvalue weighted by atomic mass is 10.1. The van der Waals surface area contributed by atoms with Crippen molar-refractivity contribution < 1.29 is 4.79 Å². The van der Waals surface area contributed by atoms with Crippen LogP contribution in [0.3, 0.4) is 0 Å². The molecule has 0 saturated heterocycles. The van der Waals surface area contributed by atoms with Crippen LogP contribution < -0.4 is 5.73 Å². The third-order valence-corrected chi connectivity index (χ3v) is 2.20. The molecule has 2 heterocycles. The van der Waals surface area contributed by atoms with Gasteiger partial charge in [0, 0.05) is 5.69 Å². The molecule has 2 aromatic heterocycles. The van der Waals surface area contributed by atoms with Gasteiger partial charge in [-0.25, -0.2) is 9.50 Å². The summed E-state index contributed by atoms with van der Waals surface area (Å²) in [5, 5.41) is 4.06. The molecule has 0 aliphatic heterocycles. The monoisotopic (exact) mass is 204 g/mol. The summed E-state index contributed by atoms with van der Waals surface area (Å²) >= 11 is 0. The quantitative estimate of drug-likeness (QED) is 0.791. The highest BCUT2D eigenvalue weighted by Crippen LogP contribution is 2.14. The van der Waals surface area contributed by atoms with E-state index in [-0.39, 0.29) is 5.82 Å². The first-order valence-electron chi connectivity index (χ1n) is 4.75. The van der Waals surface area contributed by atoms with Gasteiger partial charge in [0.25, 0.3) is 5.91 Å². The molecule has 0 spiro atoms. The Hall–Kier alpha value is -1.91. The van der Waals surface area contributed by atoms with Gasteiger partial charge in [-0.3, -0.25) is 4.79 Å². The second kappa shape index (κ2) is 3.34. The minimum atomic E-state index is -0.603. The number of carbonyl (C=O) groups excluding carboxylic acids is 1. The summed E-state index contributed by atoms with van der Waals surface area (Å²) in [6.45, 7) is 4.11. The van der Waals surface area contributed by atoms with Crippen LogP contribution in [0, 0.1) is 0 Å². The van der Waals surface area contributed by atoms with E-state index in [1.54, 1.807) is 10.6 Å². The van der Waals surface area contributed by atoms with Gasteiger partial charge in [-0.05, 0) is 18.1 Å². The normalized spacial score (nSPS) is 11.1. The summed E-state index contributed by atoms with van der Waals surface area (Å²) in [5.41, 5.74) is 6.78. The van der Waals surface area contributed by atoms with Gasteiger partial charge in [0.15, 0.2) is 5.65 Å². The summed E-state index contributed by atoms with van der Waals surface area (Å²) < 4.78 is 1.66. The lowest BCUT2D eigenvalue weighted by Gasteiger charge is -2.05. The van der Waals surface area contributed by atoms with Crippen molar-refractivity contribution in [2.24, 2.45) is 5.73 Å².